The lowest BCUT2D eigenvalue weighted by Gasteiger charge is -2.00. The van der Waals surface area contributed by atoms with Crippen molar-refractivity contribution in [3.8, 4) is 0 Å². The fourth-order valence-corrected chi connectivity index (χ4v) is 1.99. The molecule has 0 spiro atoms. The standard InChI is InChI=1S/C10H14ClNS/c1-9-7-13-8-10(9)6-12-5-3-2-4-11/h2-3,7-8,12H,4-6H2,1H3/b3-2+. The summed E-state index contributed by atoms with van der Waals surface area (Å²) in [6.45, 7) is 3.98. The van der Waals surface area contributed by atoms with Crippen molar-refractivity contribution >= 4 is 22.9 Å². The van der Waals surface area contributed by atoms with Crippen LogP contribution in [0.5, 0.6) is 0 Å². The highest BCUT2D eigenvalue weighted by Crippen LogP contribution is 2.12. The van der Waals surface area contributed by atoms with Crippen molar-refractivity contribution < 1.29 is 0 Å². The van der Waals surface area contributed by atoms with E-state index in [0.717, 1.165) is 13.1 Å². The molecule has 0 aliphatic carbocycles. The van der Waals surface area contributed by atoms with Gasteiger partial charge >= 0.3 is 0 Å². The van der Waals surface area contributed by atoms with Crippen molar-refractivity contribution in [2.45, 2.75) is 13.5 Å². The van der Waals surface area contributed by atoms with Gasteiger partial charge in [-0.05, 0) is 28.8 Å². The minimum absolute atomic E-state index is 0.596. The molecule has 13 heavy (non-hydrogen) atoms. The van der Waals surface area contributed by atoms with Crippen LogP contribution >= 0.6 is 22.9 Å². The van der Waals surface area contributed by atoms with Gasteiger partial charge < -0.3 is 5.32 Å². The van der Waals surface area contributed by atoms with Crippen LogP contribution in [-0.4, -0.2) is 12.4 Å². The highest BCUT2D eigenvalue weighted by Gasteiger charge is 1.96. The molecular formula is C10H14ClNS. The minimum atomic E-state index is 0.596. The lowest BCUT2D eigenvalue weighted by atomic mass is 10.2. The maximum absolute atomic E-state index is 5.49. The molecule has 0 unspecified atom stereocenters. The number of alkyl halides is 1. The van der Waals surface area contributed by atoms with Crippen molar-refractivity contribution in [3.05, 3.63) is 34.0 Å². The third kappa shape index (κ3) is 3.94. The average Bonchev–Trinajstić information content (AvgIpc) is 2.52. The molecule has 1 N–H and O–H groups in total. The van der Waals surface area contributed by atoms with E-state index in [1.165, 1.54) is 11.1 Å². The van der Waals surface area contributed by atoms with Gasteiger partial charge in [0.2, 0.25) is 0 Å². The maximum atomic E-state index is 5.49. The van der Waals surface area contributed by atoms with Crippen molar-refractivity contribution in [3.63, 3.8) is 0 Å². The van der Waals surface area contributed by atoms with E-state index < -0.39 is 0 Å². The number of thiophene rings is 1. The number of nitrogens with one attached hydrogen (secondary N) is 1. The largest absolute Gasteiger partial charge is 0.309 e. The molecule has 0 aromatic carbocycles. The third-order valence-corrected chi connectivity index (χ3v) is 2.88. The Morgan fingerprint density at radius 1 is 1.46 bits per heavy atom. The monoisotopic (exact) mass is 215 g/mol. The average molecular weight is 216 g/mol. The van der Waals surface area contributed by atoms with E-state index in [1.807, 2.05) is 6.08 Å². The van der Waals surface area contributed by atoms with Gasteiger partial charge in [0.1, 0.15) is 0 Å². The first-order chi connectivity index (χ1) is 6.34. The van der Waals surface area contributed by atoms with Crippen LogP contribution in [0, 0.1) is 6.92 Å². The zero-order valence-corrected chi connectivity index (χ0v) is 9.29. The molecular weight excluding hydrogens is 202 g/mol. The Morgan fingerprint density at radius 2 is 2.31 bits per heavy atom. The van der Waals surface area contributed by atoms with Crippen molar-refractivity contribution in [1.29, 1.82) is 0 Å². The molecule has 0 saturated carbocycles. The molecule has 0 atom stereocenters. The summed E-state index contributed by atoms with van der Waals surface area (Å²) >= 11 is 7.25. The Labute approximate surface area is 88.4 Å². The molecule has 1 aromatic rings. The fourth-order valence-electron chi connectivity index (χ4n) is 1.00. The quantitative estimate of drug-likeness (QED) is 0.453. The lowest BCUT2D eigenvalue weighted by Crippen LogP contribution is -2.12. The number of allylic oxidation sites excluding steroid dienone is 1. The second kappa shape index (κ2) is 6.19. The van der Waals surface area contributed by atoms with Gasteiger partial charge in [-0.25, -0.2) is 0 Å². The second-order valence-electron chi connectivity index (χ2n) is 2.84. The number of hydrogen-bond donors (Lipinski definition) is 1. The van der Waals surface area contributed by atoms with E-state index in [9.17, 15) is 0 Å². The number of rotatable bonds is 5. The maximum Gasteiger partial charge on any atom is 0.0404 e. The van der Waals surface area contributed by atoms with Gasteiger partial charge in [-0.3, -0.25) is 0 Å². The second-order valence-corrected chi connectivity index (χ2v) is 3.89. The van der Waals surface area contributed by atoms with E-state index in [-0.39, 0.29) is 0 Å². The SMILES string of the molecule is Cc1cscc1CNC/C=C/CCl. The first-order valence-corrected chi connectivity index (χ1v) is 5.75. The molecule has 0 aliphatic heterocycles. The molecule has 0 saturated heterocycles. The van der Waals surface area contributed by atoms with Gasteiger partial charge in [0.05, 0.1) is 0 Å². The molecule has 0 fully saturated rings. The van der Waals surface area contributed by atoms with Crippen LogP contribution in [0.3, 0.4) is 0 Å². The smallest absolute Gasteiger partial charge is 0.0404 e. The Morgan fingerprint density at radius 3 is 2.92 bits per heavy atom. The van der Waals surface area contributed by atoms with Crippen LogP contribution in [0.15, 0.2) is 22.9 Å². The van der Waals surface area contributed by atoms with Gasteiger partial charge in [-0.2, -0.15) is 11.3 Å². The van der Waals surface area contributed by atoms with Crippen LogP contribution in [-0.2, 0) is 6.54 Å². The molecule has 3 heteroatoms. The van der Waals surface area contributed by atoms with Crippen LogP contribution in [0.25, 0.3) is 0 Å². The fraction of sp³-hybridized carbons (Fsp3) is 0.400. The van der Waals surface area contributed by atoms with Crippen molar-refractivity contribution in [2.75, 3.05) is 12.4 Å². The molecule has 0 aliphatic rings. The minimum Gasteiger partial charge on any atom is -0.309 e. The molecule has 1 aromatic heterocycles. The predicted octanol–water partition coefficient (Wildman–Crippen LogP) is 2.94. The van der Waals surface area contributed by atoms with Crippen LogP contribution < -0.4 is 5.32 Å². The van der Waals surface area contributed by atoms with Gasteiger partial charge in [-0.15, -0.1) is 11.6 Å². The number of halogens is 1. The van der Waals surface area contributed by atoms with E-state index in [1.54, 1.807) is 11.3 Å². The highest BCUT2D eigenvalue weighted by atomic mass is 35.5. The molecule has 1 heterocycles. The lowest BCUT2D eigenvalue weighted by molar-refractivity contribution is 0.758. The first-order valence-electron chi connectivity index (χ1n) is 4.28. The van der Waals surface area contributed by atoms with Gasteiger partial charge in [0.25, 0.3) is 0 Å². The summed E-state index contributed by atoms with van der Waals surface area (Å²) in [5, 5.41) is 7.68. The number of aryl methyl sites for hydroxylation is 1. The molecule has 0 radical (unpaired) electrons. The van der Waals surface area contributed by atoms with E-state index in [0.29, 0.717) is 5.88 Å². The van der Waals surface area contributed by atoms with Crippen LogP contribution in [0.2, 0.25) is 0 Å². The number of hydrogen-bond acceptors (Lipinski definition) is 2. The van der Waals surface area contributed by atoms with Gasteiger partial charge in [-0.1, -0.05) is 12.2 Å². The van der Waals surface area contributed by atoms with Crippen LogP contribution in [0.4, 0.5) is 0 Å². The summed E-state index contributed by atoms with van der Waals surface area (Å²) in [5.41, 5.74) is 2.77. The van der Waals surface area contributed by atoms with Crippen molar-refractivity contribution in [2.24, 2.45) is 0 Å². The zero-order valence-electron chi connectivity index (χ0n) is 7.72. The molecule has 72 valence electrons. The summed E-state index contributed by atoms with van der Waals surface area (Å²) in [7, 11) is 0. The Bertz CT molecular complexity index is 268. The van der Waals surface area contributed by atoms with Gasteiger partial charge in [0.15, 0.2) is 0 Å². The molecule has 1 rings (SSSR count). The summed E-state index contributed by atoms with van der Waals surface area (Å²) in [6, 6.07) is 0. The molecule has 1 nitrogen and oxygen atoms in total. The van der Waals surface area contributed by atoms with E-state index in [2.05, 4.69) is 29.1 Å². The summed E-state index contributed by atoms with van der Waals surface area (Å²) in [5.74, 6) is 0.596. The Hall–Kier alpha value is -0.310. The van der Waals surface area contributed by atoms with Crippen LogP contribution in [0.1, 0.15) is 11.1 Å². The first kappa shape index (κ1) is 10.8. The highest BCUT2D eigenvalue weighted by molar-refractivity contribution is 7.08. The normalized spacial score (nSPS) is 11.2. The summed E-state index contributed by atoms with van der Waals surface area (Å²) < 4.78 is 0. The Kier molecular flexibility index (Phi) is 5.13. The zero-order chi connectivity index (χ0) is 9.52. The van der Waals surface area contributed by atoms with Crippen molar-refractivity contribution in [1.82, 2.24) is 5.32 Å². The van der Waals surface area contributed by atoms with E-state index >= 15 is 0 Å². The summed E-state index contributed by atoms with van der Waals surface area (Å²) in [6.07, 6.45) is 4.00. The Balaban J connectivity index is 2.20. The molecule has 0 amide bonds. The topological polar surface area (TPSA) is 12.0 Å². The third-order valence-electron chi connectivity index (χ3n) is 1.80. The summed E-state index contributed by atoms with van der Waals surface area (Å²) in [4.78, 5) is 0. The van der Waals surface area contributed by atoms with Gasteiger partial charge in [0, 0.05) is 19.0 Å². The molecule has 0 bridgehead atoms. The van der Waals surface area contributed by atoms with E-state index in [4.69, 9.17) is 11.6 Å². The predicted molar refractivity (Wildman–Crippen MR) is 60.6 cm³/mol.